The first-order valence-electron chi connectivity index (χ1n) is 4.16. The molecule has 3 atom stereocenters. The van der Waals surface area contributed by atoms with E-state index in [1.54, 1.807) is 0 Å². The van der Waals surface area contributed by atoms with Crippen LogP contribution in [0.2, 0.25) is 0 Å². The molecule has 1 saturated carbocycles. The van der Waals surface area contributed by atoms with Crippen LogP contribution in [0.1, 0.15) is 19.3 Å². The highest BCUT2D eigenvalue weighted by atomic mass is 16.4. The summed E-state index contributed by atoms with van der Waals surface area (Å²) >= 11 is 0. The Morgan fingerprint density at radius 1 is 1.45 bits per heavy atom. The van der Waals surface area contributed by atoms with E-state index in [-0.39, 0.29) is 0 Å². The molecule has 11 heavy (non-hydrogen) atoms. The number of carbonyl (C=O) groups is 1. The number of aliphatic carboxylic acids is 1. The van der Waals surface area contributed by atoms with Crippen molar-refractivity contribution in [1.82, 2.24) is 0 Å². The van der Waals surface area contributed by atoms with Gasteiger partial charge in [0.25, 0.3) is 0 Å². The van der Waals surface area contributed by atoms with Gasteiger partial charge >= 0.3 is 5.97 Å². The highest BCUT2D eigenvalue weighted by molar-refractivity contribution is 5.67. The Kier molecular flexibility index (Phi) is 1.48. The van der Waals surface area contributed by atoms with E-state index in [1.807, 2.05) is 0 Å². The van der Waals surface area contributed by atoms with Gasteiger partial charge in [0.15, 0.2) is 0 Å². The third kappa shape index (κ3) is 1.17. The molecule has 0 saturated heterocycles. The number of rotatable bonds is 2. The van der Waals surface area contributed by atoms with Crippen LogP contribution in [0.5, 0.6) is 0 Å². The van der Waals surface area contributed by atoms with Crippen LogP contribution in [0.3, 0.4) is 0 Å². The minimum Gasteiger partial charge on any atom is -0.481 e. The molecule has 0 aliphatic heterocycles. The molecule has 2 rings (SSSR count). The first-order chi connectivity index (χ1) is 5.25. The van der Waals surface area contributed by atoms with Crippen molar-refractivity contribution in [2.24, 2.45) is 17.8 Å². The third-order valence-corrected chi connectivity index (χ3v) is 2.85. The van der Waals surface area contributed by atoms with Crippen LogP contribution in [0.4, 0.5) is 0 Å². The lowest BCUT2D eigenvalue weighted by molar-refractivity contribution is -0.138. The summed E-state index contributed by atoms with van der Waals surface area (Å²) in [6, 6.07) is 0. The zero-order valence-corrected chi connectivity index (χ0v) is 6.36. The molecule has 0 spiro atoms. The fourth-order valence-corrected chi connectivity index (χ4v) is 2.35. The molecule has 2 bridgehead atoms. The summed E-state index contributed by atoms with van der Waals surface area (Å²) in [5.41, 5.74) is 0. The summed E-state index contributed by atoms with van der Waals surface area (Å²) in [5.74, 6) is 1.07. The molecule has 0 aromatic heterocycles. The summed E-state index contributed by atoms with van der Waals surface area (Å²) < 4.78 is 0. The van der Waals surface area contributed by atoms with E-state index in [9.17, 15) is 4.79 Å². The van der Waals surface area contributed by atoms with Gasteiger partial charge in [-0.1, -0.05) is 12.2 Å². The Morgan fingerprint density at radius 3 is 2.73 bits per heavy atom. The van der Waals surface area contributed by atoms with Crippen LogP contribution in [0, 0.1) is 17.8 Å². The first kappa shape index (κ1) is 6.89. The summed E-state index contributed by atoms with van der Waals surface area (Å²) in [6.07, 6.45) is 7.11. The standard InChI is InChI=1S/C9H12O2/c10-9(11)5-8-4-6-1-2-7(8)3-6/h1-2,6-8H,3-5H2,(H,10,11)/t6-,7-,8+/m1/s1. The molecule has 1 N–H and O–H groups in total. The molecule has 0 radical (unpaired) electrons. The molecule has 2 heteroatoms. The number of hydrogen-bond donors (Lipinski definition) is 1. The highest BCUT2D eigenvalue weighted by Crippen LogP contribution is 2.44. The molecular weight excluding hydrogens is 140 g/mol. The van der Waals surface area contributed by atoms with Gasteiger partial charge < -0.3 is 5.11 Å². The van der Waals surface area contributed by atoms with Gasteiger partial charge in [-0.2, -0.15) is 0 Å². The van der Waals surface area contributed by atoms with Gasteiger partial charge in [0.05, 0.1) is 0 Å². The minimum absolute atomic E-state index is 0.367. The molecule has 0 aromatic rings. The molecule has 0 unspecified atom stereocenters. The quantitative estimate of drug-likeness (QED) is 0.611. The van der Waals surface area contributed by atoms with Gasteiger partial charge in [0.2, 0.25) is 0 Å². The van der Waals surface area contributed by atoms with Crippen molar-refractivity contribution >= 4 is 5.97 Å². The lowest BCUT2D eigenvalue weighted by atomic mass is 9.91. The molecule has 0 heterocycles. The lowest BCUT2D eigenvalue weighted by Crippen LogP contribution is -2.11. The van der Waals surface area contributed by atoms with Crippen LogP contribution in [-0.2, 0) is 4.79 Å². The third-order valence-electron chi connectivity index (χ3n) is 2.85. The number of fused-ring (bicyclic) bond motifs is 2. The molecule has 2 aliphatic carbocycles. The van der Waals surface area contributed by atoms with Gasteiger partial charge in [-0.15, -0.1) is 0 Å². The van der Waals surface area contributed by atoms with Crippen molar-refractivity contribution in [3.05, 3.63) is 12.2 Å². The van der Waals surface area contributed by atoms with Crippen molar-refractivity contribution in [1.29, 1.82) is 0 Å². The van der Waals surface area contributed by atoms with E-state index in [1.165, 1.54) is 6.42 Å². The molecule has 0 amide bonds. The smallest absolute Gasteiger partial charge is 0.303 e. The Morgan fingerprint density at radius 2 is 2.27 bits per heavy atom. The fourth-order valence-electron chi connectivity index (χ4n) is 2.35. The number of allylic oxidation sites excluding steroid dienone is 2. The van der Waals surface area contributed by atoms with Crippen LogP contribution in [0.25, 0.3) is 0 Å². The van der Waals surface area contributed by atoms with E-state index in [0.717, 1.165) is 6.42 Å². The van der Waals surface area contributed by atoms with Crippen molar-refractivity contribution in [2.45, 2.75) is 19.3 Å². The van der Waals surface area contributed by atoms with Crippen LogP contribution in [-0.4, -0.2) is 11.1 Å². The van der Waals surface area contributed by atoms with Gasteiger partial charge in [-0.05, 0) is 30.6 Å². The normalized spacial score (nSPS) is 39.8. The second-order valence-electron chi connectivity index (χ2n) is 3.64. The van der Waals surface area contributed by atoms with E-state index in [0.29, 0.717) is 24.2 Å². The largest absolute Gasteiger partial charge is 0.481 e. The maximum atomic E-state index is 10.4. The number of carboxylic acid groups (broad SMARTS) is 1. The van der Waals surface area contributed by atoms with E-state index < -0.39 is 5.97 Å². The summed E-state index contributed by atoms with van der Waals surface area (Å²) in [7, 11) is 0. The zero-order valence-electron chi connectivity index (χ0n) is 6.36. The second kappa shape index (κ2) is 2.36. The molecule has 0 aromatic carbocycles. The first-order valence-corrected chi connectivity index (χ1v) is 4.16. The zero-order chi connectivity index (χ0) is 7.84. The molecule has 60 valence electrons. The lowest BCUT2D eigenvalue weighted by Gasteiger charge is -2.14. The van der Waals surface area contributed by atoms with Crippen molar-refractivity contribution in [3.8, 4) is 0 Å². The number of carboxylic acids is 1. The van der Waals surface area contributed by atoms with Crippen molar-refractivity contribution in [3.63, 3.8) is 0 Å². The van der Waals surface area contributed by atoms with Crippen LogP contribution < -0.4 is 0 Å². The van der Waals surface area contributed by atoms with Gasteiger partial charge in [0, 0.05) is 6.42 Å². The summed E-state index contributed by atoms with van der Waals surface area (Å²) in [4.78, 5) is 10.4. The van der Waals surface area contributed by atoms with Crippen molar-refractivity contribution < 1.29 is 9.90 Å². The maximum absolute atomic E-state index is 10.4. The van der Waals surface area contributed by atoms with E-state index >= 15 is 0 Å². The Labute approximate surface area is 65.9 Å². The van der Waals surface area contributed by atoms with E-state index in [2.05, 4.69) is 12.2 Å². The molecule has 1 fully saturated rings. The van der Waals surface area contributed by atoms with Gasteiger partial charge in [-0.3, -0.25) is 4.79 Å². The predicted octanol–water partition coefficient (Wildman–Crippen LogP) is 1.67. The van der Waals surface area contributed by atoms with E-state index in [4.69, 9.17) is 5.11 Å². The summed E-state index contributed by atoms with van der Waals surface area (Å²) in [6.45, 7) is 0. The topological polar surface area (TPSA) is 37.3 Å². The monoisotopic (exact) mass is 152 g/mol. The average Bonchev–Trinajstić information content (AvgIpc) is 2.45. The minimum atomic E-state index is -0.643. The Balaban J connectivity index is 1.98. The fraction of sp³-hybridized carbons (Fsp3) is 0.667. The van der Waals surface area contributed by atoms with Crippen LogP contribution >= 0.6 is 0 Å². The maximum Gasteiger partial charge on any atom is 0.303 e. The van der Waals surface area contributed by atoms with Gasteiger partial charge in [0.1, 0.15) is 0 Å². The number of hydrogen-bond acceptors (Lipinski definition) is 1. The second-order valence-corrected chi connectivity index (χ2v) is 3.64. The predicted molar refractivity (Wildman–Crippen MR) is 41.1 cm³/mol. The van der Waals surface area contributed by atoms with Crippen molar-refractivity contribution in [2.75, 3.05) is 0 Å². The SMILES string of the molecule is O=C(O)C[C@@H]1C[C@@H]2C=C[C@@H]1C2. The molecule has 2 aliphatic rings. The molecule has 2 nitrogen and oxygen atoms in total. The highest BCUT2D eigenvalue weighted by Gasteiger charge is 2.36. The Hall–Kier alpha value is -0.790. The van der Waals surface area contributed by atoms with Gasteiger partial charge in [-0.25, -0.2) is 0 Å². The summed E-state index contributed by atoms with van der Waals surface area (Å²) in [5, 5.41) is 8.58. The molecular formula is C9H12O2. The Bertz CT molecular complexity index is 208. The van der Waals surface area contributed by atoms with Crippen LogP contribution in [0.15, 0.2) is 12.2 Å². The average molecular weight is 152 g/mol.